The van der Waals surface area contributed by atoms with E-state index in [0.29, 0.717) is 19.7 Å². The maximum atomic E-state index is 13.0. The Morgan fingerprint density at radius 2 is 1.89 bits per heavy atom. The molecule has 0 aromatic heterocycles. The van der Waals surface area contributed by atoms with E-state index >= 15 is 0 Å². The normalized spacial score (nSPS) is 16.0. The number of rotatable bonds is 5. The van der Waals surface area contributed by atoms with E-state index in [-0.39, 0.29) is 24.2 Å². The first kappa shape index (κ1) is 21.1. The van der Waals surface area contributed by atoms with Gasteiger partial charge in [0.25, 0.3) is 0 Å². The second kappa shape index (κ2) is 9.62. The maximum Gasteiger partial charge on any atom is 0.409 e. The first-order valence-electron chi connectivity index (χ1n) is 9.95. The van der Waals surface area contributed by atoms with Gasteiger partial charge in [0.05, 0.1) is 6.61 Å². The molecule has 1 aromatic rings. The zero-order valence-electron chi connectivity index (χ0n) is 17.2. The Kier molecular flexibility index (Phi) is 7.51. The Hall–Kier alpha value is -2.24. The smallest absolute Gasteiger partial charge is 0.409 e. The van der Waals surface area contributed by atoms with Crippen LogP contribution in [0.5, 0.6) is 0 Å². The number of piperidine rings is 1. The summed E-state index contributed by atoms with van der Waals surface area (Å²) in [6.45, 7) is 11.7. The summed E-state index contributed by atoms with van der Waals surface area (Å²) in [6.07, 6.45) is 2.16. The summed E-state index contributed by atoms with van der Waals surface area (Å²) in [4.78, 5) is 28.6. The number of aryl methyl sites for hydroxylation is 2. The van der Waals surface area contributed by atoms with Crippen LogP contribution in [0.25, 0.3) is 0 Å². The predicted octanol–water partition coefficient (Wildman–Crippen LogP) is 4.56. The number of nitrogens with zero attached hydrogens (tertiary/aromatic N) is 2. The molecule has 1 aliphatic heterocycles. The van der Waals surface area contributed by atoms with Crippen molar-refractivity contribution in [1.29, 1.82) is 0 Å². The topological polar surface area (TPSA) is 61.9 Å². The summed E-state index contributed by atoms with van der Waals surface area (Å²) in [5, 5.41) is 3.06. The van der Waals surface area contributed by atoms with Gasteiger partial charge in [0, 0.05) is 30.9 Å². The highest BCUT2D eigenvalue weighted by Crippen LogP contribution is 2.23. The first-order valence-corrected chi connectivity index (χ1v) is 9.95. The fraction of sp³-hybridized carbons (Fsp3) is 0.619. The molecule has 0 saturated carbocycles. The Morgan fingerprint density at radius 3 is 2.44 bits per heavy atom. The van der Waals surface area contributed by atoms with Gasteiger partial charge in [-0.15, -0.1) is 0 Å². The molecule has 1 aliphatic rings. The molecule has 150 valence electrons. The van der Waals surface area contributed by atoms with Crippen molar-refractivity contribution in [2.75, 3.05) is 25.0 Å². The number of benzene rings is 1. The minimum atomic E-state index is -0.259. The third kappa shape index (κ3) is 5.37. The number of carbonyl (C=O) groups is 2. The highest BCUT2D eigenvalue weighted by Gasteiger charge is 2.32. The molecule has 1 N–H and O–H groups in total. The Labute approximate surface area is 162 Å². The molecular formula is C21H33N3O3. The highest BCUT2D eigenvalue weighted by molar-refractivity contribution is 5.90. The molecule has 1 aromatic carbocycles. The average Bonchev–Trinajstić information content (AvgIpc) is 2.65. The predicted molar refractivity (Wildman–Crippen MR) is 108 cm³/mol. The molecule has 27 heavy (non-hydrogen) atoms. The van der Waals surface area contributed by atoms with Gasteiger partial charge in [-0.05, 0) is 70.2 Å². The molecule has 2 rings (SSSR count). The number of hydrogen-bond acceptors (Lipinski definition) is 3. The van der Waals surface area contributed by atoms with Crippen molar-refractivity contribution in [2.45, 2.75) is 66.0 Å². The summed E-state index contributed by atoms with van der Waals surface area (Å²) in [7, 11) is 0. The Morgan fingerprint density at radius 1 is 1.22 bits per heavy atom. The Bertz CT molecular complexity index is 654. The molecule has 1 heterocycles. The molecule has 1 saturated heterocycles. The second-order valence-corrected chi connectivity index (χ2v) is 7.31. The number of urea groups is 1. The monoisotopic (exact) mass is 375 g/mol. The lowest BCUT2D eigenvalue weighted by Gasteiger charge is -2.41. The van der Waals surface area contributed by atoms with Crippen LogP contribution in [0, 0.1) is 13.8 Å². The van der Waals surface area contributed by atoms with Crippen molar-refractivity contribution in [2.24, 2.45) is 0 Å². The van der Waals surface area contributed by atoms with Gasteiger partial charge in [-0.25, -0.2) is 9.59 Å². The Balaban J connectivity index is 2.05. The minimum Gasteiger partial charge on any atom is -0.450 e. The van der Waals surface area contributed by atoms with Crippen LogP contribution in [0.4, 0.5) is 15.3 Å². The van der Waals surface area contributed by atoms with Gasteiger partial charge >= 0.3 is 12.1 Å². The lowest BCUT2D eigenvalue weighted by molar-refractivity contribution is 0.0757. The van der Waals surface area contributed by atoms with Crippen LogP contribution in [0.2, 0.25) is 0 Å². The summed E-state index contributed by atoms with van der Waals surface area (Å²) in [5.74, 6) is 0. The maximum absolute atomic E-state index is 13.0. The molecule has 0 bridgehead atoms. The van der Waals surface area contributed by atoms with Crippen molar-refractivity contribution < 1.29 is 14.3 Å². The van der Waals surface area contributed by atoms with E-state index in [0.717, 1.165) is 30.5 Å². The summed E-state index contributed by atoms with van der Waals surface area (Å²) < 4.78 is 5.09. The molecule has 1 unspecified atom stereocenters. The van der Waals surface area contributed by atoms with E-state index in [2.05, 4.69) is 26.1 Å². The van der Waals surface area contributed by atoms with Gasteiger partial charge in [-0.3, -0.25) is 0 Å². The molecule has 1 atom stereocenters. The van der Waals surface area contributed by atoms with Crippen molar-refractivity contribution >= 4 is 17.8 Å². The lowest BCUT2D eigenvalue weighted by atomic mass is 10.0. The number of likely N-dealkylation sites (tertiary alicyclic amines) is 1. The second-order valence-electron chi connectivity index (χ2n) is 7.31. The first-order chi connectivity index (χ1) is 12.9. The number of carbonyl (C=O) groups excluding carboxylic acids is 2. The summed E-state index contributed by atoms with van der Waals surface area (Å²) in [6, 6.07) is 6.16. The molecule has 6 heteroatoms. The van der Waals surface area contributed by atoms with E-state index in [4.69, 9.17) is 4.74 Å². The van der Waals surface area contributed by atoms with Gasteiger partial charge in [0.15, 0.2) is 0 Å². The van der Waals surface area contributed by atoms with Crippen LogP contribution in [-0.4, -0.2) is 53.7 Å². The number of nitrogens with one attached hydrogen (secondary N) is 1. The quantitative estimate of drug-likeness (QED) is 0.821. The standard InChI is InChI=1S/C21H33N3O3/c1-6-17(5)24(19-10-12-23(13-11-19)21(26)27-7-2)20(25)22-18-9-8-15(3)16(4)14-18/h8-9,14,17,19H,6-7,10-13H2,1-5H3,(H,22,25). The van der Waals surface area contributed by atoms with E-state index < -0.39 is 0 Å². The third-order valence-electron chi connectivity index (χ3n) is 5.44. The van der Waals surface area contributed by atoms with Crippen LogP contribution < -0.4 is 5.32 Å². The van der Waals surface area contributed by atoms with Gasteiger partial charge in [-0.2, -0.15) is 0 Å². The van der Waals surface area contributed by atoms with E-state index in [1.165, 1.54) is 5.56 Å². The number of amides is 3. The van der Waals surface area contributed by atoms with E-state index in [1.807, 2.05) is 36.9 Å². The van der Waals surface area contributed by atoms with Gasteiger partial charge in [-0.1, -0.05) is 13.0 Å². The minimum absolute atomic E-state index is 0.0674. The van der Waals surface area contributed by atoms with Gasteiger partial charge in [0.2, 0.25) is 0 Å². The average molecular weight is 376 g/mol. The molecule has 1 fully saturated rings. The van der Waals surface area contributed by atoms with Crippen LogP contribution in [0.3, 0.4) is 0 Å². The van der Waals surface area contributed by atoms with Crippen molar-refractivity contribution in [3.05, 3.63) is 29.3 Å². The SMILES string of the molecule is CCOC(=O)N1CCC(N(C(=O)Nc2ccc(C)c(C)c2)C(C)CC)CC1. The molecule has 6 nitrogen and oxygen atoms in total. The van der Waals surface area contributed by atoms with Crippen molar-refractivity contribution in [3.63, 3.8) is 0 Å². The fourth-order valence-electron chi connectivity index (χ4n) is 3.47. The summed E-state index contributed by atoms with van der Waals surface area (Å²) >= 11 is 0. The largest absolute Gasteiger partial charge is 0.450 e. The molecule has 0 radical (unpaired) electrons. The highest BCUT2D eigenvalue weighted by atomic mass is 16.6. The van der Waals surface area contributed by atoms with Crippen LogP contribution in [0.1, 0.15) is 51.2 Å². The lowest BCUT2D eigenvalue weighted by Crippen LogP contribution is -2.53. The number of hydrogen-bond donors (Lipinski definition) is 1. The van der Waals surface area contributed by atoms with Crippen molar-refractivity contribution in [1.82, 2.24) is 9.80 Å². The van der Waals surface area contributed by atoms with Gasteiger partial charge < -0.3 is 19.9 Å². The molecule has 0 spiro atoms. The van der Waals surface area contributed by atoms with Crippen molar-refractivity contribution in [3.8, 4) is 0 Å². The number of ether oxygens (including phenoxy) is 1. The van der Waals surface area contributed by atoms with E-state index in [1.54, 1.807) is 4.90 Å². The molecule has 3 amide bonds. The third-order valence-corrected chi connectivity index (χ3v) is 5.44. The summed E-state index contributed by atoms with van der Waals surface area (Å²) in [5.41, 5.74) is 3.18. The van der Waals surface area contributed by atoms with E-state index in [9.17, 15) is 9.59 Å². The zero-order valence-corrected chi connectivity index (χ0v) is 17.2. The fourth-order valence-corrected chi connectivity index (χ4v) is 3.47. The van der Waals surface area contributed by atoms with Crippen LogP contribution >= 0.6 is 0 Å². The van der Waals surface area contributed by atoms with Crippen LogP contribution in [0.15, 0.2) is 18.2 Å². The zero-order chi connectivity index (χ0) is 20.0. The molecule has 0 aliphatic carbocycles. The molecular weight excluding hydrogens is 342 g/mol. The van der Waals surface area contributed by atoms with Gasteiger partial charge in [0.1, 0.15) is 0 Å². The van der Waals surface area contributed by atoms with Crippen LogP contribution in [-0.2, 0) is 4.74 Å². The number of anilines is 1.